The molecule has 0 aliphatic carbocycles. The zero-order valence-corrected chi connectivity index (χ0v) is 4.41. The number of nitrogens with one attached hydrogen (secondary N) is 1. The third kappa shape index (κ3) is 0.872. The first-order valence-electron chi connectivity index (χ1n) is 2.30. The highest BCUT2D eigenvalue weighted by molar-refractivity contribution is 4.86. The lowest BCUT2D eigenvalue weighted by atomic mass is 10.8. The van der Waals surface area contributed by atoms with Crippen LogP contribution in [0.5, 0.6) is 0 Å². The Morgan fingerprint density at radius 2 is 2.62 bits per heavy atom. The third-order valence-electron chi connectivity index (χ3n) is 0.728. The van der Waals surface area contributed by atoms with E-state index in [2.05, 4.69) is 17.1 Å². The van der Waals surface area contributed by atoms with Crippen molar-refractivity contribution < 1.29 is 0 Å². The average Bonchev–Trinajstić information content (AvgIpc) is 2.19. The quantitative estimate of drug-likeness (QED) is 0.601. The highest BCUT2D eigenvalue weighted by Crippen LogP contribution is 1.76. The molecular formula is C5H7N3. The van der Waals surface area contributed by atoms with Crippen LogP contribution in [-0.2, 0) is 0 Å². The fourth-order valence-corrected chi connectivity index (χ4v) is 0.439. The summed E-state index contributed by atoms with van der Waals surface area (Å²) in [6, 6.07) is 1.83. The minimum absolute atomic E-state index is 1.56. The SMILES string of the molecule is C=CNn1cccn1. The van der Waals surface area contributed by atoms with Crippen LogP contribution in [0.25, 0.3) is 0 Å². The van der Waals surface area contributed by atoms with Crippen LogP contribution < -0.4 is 5.43 Å². The van der Waals surface area contributed by atoms with Crippen molar-refractivity contribution in [1.29, 1.82) is 0 Å². The molecule has 1 N–H and O–H groups in total. The summed E-state index contributed by atoms with van der Waals surface area (Å²) in [5, 5.41) is 3.84. The van der Waals surface area contributed by atoms with E-state index in [0.29, 0.717) is 0 Å². The Morgan fingerprint density at radius 3 is 3.12 bits per heavy atom. The summed E-state index contributed by atoms with van der Waals surface area (Å²) in [6.45, 7) is 3.46. The van der Waals surface area contributed by atoms with Gasteiger partial charge in [0.05, 0.1) is 6.20 Å². The second-order valence-electron chi connectivity index (χ2n) is 1.28. The largest absolute Gasteiger partial charge is 0.286 e. The molecule has 8 heavy (non-hydrogen) atoms. The van der Waals surface area contributed by atoms with E-state index in [1.165, 1.54) is 0 Å². The van der Waals surface area contributed by atoms with Crippen LogP contribution in [-0.4, -0.2) is 9.89 Å². The van der Waals surface area contributed by atoms with Gasteiger partial charge in [-0.3, -0.25) is 5.43 Å². The van der Waals surface area contributed by atoms with E-state index in [1.54, 1.807) is 23.4 Å². The van der Waals surface area contributed by atoms with Gasteiger partial charge in [0.15, 0.2) is 0 Å². The predicted octanol–water partition coefficient (Wildman–Crippen LogP) is 0.570. The molecule has 1 aromatic rings. The molecule has 1 heterocycles. The molecule has 3 heteroatoms. The van der Waals surface area contributed by atoms with E-state index >= 15 is 0 Å². The van der Waals surface area contributed by atoms with E-state index in [1.807, 2.05) is 6.07 Å². The Labute approximate surface area is 47.6 Å². The molecule has 0 spiro atoms. The standard InChI is InChI=1S/C5H7N3/c1-2-6-8-5-3-4-7-8/h2-6H,1H2. The lowest BCUT2D eigenvalue weighted by Gasteiger charge is -1.94. The molecule has 0 aromatic carbocycles. The topological polar surface area (TPSA) is 29.9 Å². The Morgan fingerprint density at radius 1 is 1.75 bits per heavy atom. The van der Waals surface area contributed by atoms with Gasteiger partial charge in [-0.2, -0.15) is 9.89 Å². The normalized spacial score (nSPS) is 8.50. The van der Waals surface area contributed by atoms with Crippen molar-refractivity contribution in [2.24, 2.45) is 0 Å². The van der Waals surface area contributed by atoms with Crippen molar-refractivity contribution in [3.8, 4) is 0 Å². The molecule has 1 aromatic heterocycles. The van der Waals surface area contributed by atoms with E-state index < -0.39 is 0 Å². The second kappa shape index (κ2) is 2.16. The number of hydrogen-bond acceptors (Lipinski definition) is 2. The third-order valence-corrected chi connectivity index (χ3v) is 0.728. The maximum atomic E-state index is 3.84. The first-order valence-corrected chi connectivity index (χ1v) is 2.30. The molecule has 0 saturated carbocycles. The molecular weight excluding hydrogens is 102 g/mol. The molecule has 42 valence electrons. The van der Waals surface area contributed by atoms with Crippen molar-refractivity contribution >= 4 is 0 Å². The van der Waals surface area contributed by atoms with Gasteiger partial charge < -0.3 is 0 Å². The molecule has 0 atom stereocenters. The fraction of sp³-hybridized carbons (Fsp3) is 0. The Hall–Kier alpha value is -1.25. The van der Waals surface area contributed by atoms with Crippen LogP contribution in [0.4, 0.5) is 0 Å². The first kappa shape index (κ1) is 4.90. The molecule has 0 saturated heterocycles. The Bertz CT molecular complexity index is 154. The molecule has 0 aliphatic heterocycles. The Kier molecular flexibility index (Phi) is 1.32. The van der Waals surface area contributed by atoms with E-state index in [4.69, 9.17) is 0 Å². The van der Waals surface area contributed by atoms with Crippen LogP contribution >= 0.6 is 0 Å². The van der Waals surface area contributed by atoms with Gasteiger partial charge >= 0.3 is 0 Å². The van der Waals surface area contributed by atoms with Crippen LogP contribution in [0.2, 0.25) is 0 Å². The minimum atomic E-state index is 1.56. The zero-order valence-electron chi connectivity index (χ0n) is 4.41. The highest BCUT2D eigenvalue weighted by atomic mass is 15.5. The smallest absolute Gasteiger partial charge is 0.0510 e. The average molecular weight is 109 g/mol. The molecule has 0 fully saturated rings. The van der Waals surface area contributed by atoms with Gasteiger partial charge in [-0.25, -0.2) is 0 Å². The zero-order chi connectivity index (χ0) is 5.82. The number of aromatic nitrogens is 2. The van der Waals surface area contributed by atoms with Crippen molar-refractivity contribution in [1.82, 2.24) is 9.89 Å². The van der Waals surface area contributed by atoms with Crippen LogP contribution in [0.15, 0.2) is 31.2 Å². The van der Waals surface area contributed by atoms with Crippen LogP contribution in [0, 0.1) is 0 Å². The van der Waals surface area contributed by atoms with Crippen molar-refractivity contribution in [3.05, 3.63) is 31.2 Å². The maximum absolute atomic E-state index is 3.84. The van der Waals surface area contributed by atoms with Gasteiger partial charge in [-0.05, 0) is 6.07 Å². The second-order valence-corrected chi connectivity index (χ2v) is 1.28. The summed E-state index contributed by atoms with van der Waals surface area (Å²) in [7, 11) is 0. The van der Waals surface area contributed by atoms with Crippen molar-refractivity contribution in [2.45, 2.75) is 0 Å². The monoisotopic (exact) mass is 109 g/mol. The molecule has 0 bridgehead atoms. The van der Waals surface area contributed by atoms with Crippen LogP contribution in [0.1, 0.15) is 0 Å². The summed E-state index contributed by atoms with van der Waals surface area (Å²) in [4.78, 5) is 1.56. The summed E-state index contributed by atoms with van der Waals surface area (Å²) in [5.41, 5.74) is 2.76. The summed E-state index contributed by atoms with van der Waals surface area (Å²) in [6.07, 6.45) is 5.05. The van der Waals surface area contributed by atoms with Gasteiger partial charge in [0.25, 0.3) is 0 Å². The number of nitrogens with zero attached hydrogens (tertiary/aromatic N) is 2. The number of rotatable bonds is 2. The van der Waals surface area contributed by atoms with E-state index in [-0.39, 0.29) is 0 Å². The summed E-state index contributed by atoms with van der Waals surface area (Å²) in [5.74, 6) is 0. The predicted molar refractivity (Wildman–Crippen MR) is 31.8 cm³/mol. The van der Waals surface area contributed by atoms with Gasteiger partial charge in [-0.1, -0.05) is 6.58 Å². The lowest BCUT2D eigenvalue weighted by Crippen LogP contribution is -2.06. The van der Waals surface area contributed by atoms with Crippen molar-refractivity contribution in [3.63, 3.8) is 0 Å². The summed E-state index contributed by atoms with van der Waals surface area (Å²) < 4.78 is 0. The van der Waals surface area contributed by atoms with Crippen molar-refractivity contribution in [2.75, 3.05) is 5.43 Å². The first-order chi connectivity index (χ1) is 3.93. The number of hydrogen-bond donors (Lipinski definition) is 1. The molecule has 0 unspecified atom stereocenters. The van der Waals surface area contributed by atoms with E-state index in [0.717, 1.165) is 0 Å². The van der Waals surface area contributed by atoms with Gasteiger partial charge in [-0.15, -0.1) is 0 Å². The fourth-order valence-electron chi connectivity index (χ4n) is 0.439. The maximum Gasteiger partial charge on any atom is 0.0510 e. The molecule has 3 nitrogen and oxygen atoms in total. The van der Waals surface area contributed by atoms with Gasteiger partial charge in [0, 0.05) is 12.4 Å². The molecule has 0 aliphatic rings. The Balaban J connectivity index is 2.62. The summed E-state index contributed by atoms with van der Waals surface area (Å²) >= 11 is 0. The lowest BCUT2D eigenvalue weighted by molar-refractivity contribution is 0.800. The van der Waals surface area contributed by atoms with Gasteiger partial charge in [0.2, 0.25) is 0 Å². The van der Waals surface area contributed by atoms with Gasteiger partial charge in [0.1, 0.15) is 0 Å². The van der Waals surface area contributed by atoms with Crippen LogP contribution in [0.3, 0.4) is 0 Å². The minimum Gasteiger partial charge on any atom is -0.286 e. The molecule has 0 radical (unpaired) electrons. The molecule has 0 amide bonds. The molecule has 1 rings (SSSR count). The van der Waals surface area contributed by atoms with E-state index in [9.17, 15) is 0 Å². The highest BCUT2D eigenvalue weighted by Gasteiger charge is 1.77.